The Hall–Kier alpha value is -2.16. The monoisotopic (exact) mass is 441 g/mol. The number of thiophene rings is 1. The van der Waals surface area contributed by atoms with Crippen LogP contribution in [0.15, 0.2) is 53.0 Å². The molecule has 6 nitrogen and oxygen atoms in total. The zero-order valence-electron chi connectivity index (χ0n) is 17.3. The van der Waals surface area contributed by atoms with Crippen molar-refractivity contribution in [3.8, 4) is 10.7 Å². The number of benzene rings is 1. The van der Waals surface area contributed by atoms with Gasteiger partial charge in [0.1, 0.15) is 0 Å². The molecule has 1 saturated heterocycles. The van der Waals surface area contributed by atoms with E-state index in [1.54, 1.807) is 11.3 Å². The van der Waals surface area contributed by atoms with Crippen LogP contribution in [0.5, 0.6) is 0 Å². The number of hydrogen-bond acceptors (Lipinski definition) is 6. The summed E-state index contributed by atoms with van der Waals surface area (Å²) in [6.45, 7) is 7.63. The van der Waals surface area contributed by atoms with Crippen molar-refractivity contribution >= 4 is 29.0 Å². The molecule has 2 aromatic heterocycles. The Morgan fingerprint density at radius 3 is 2.83 bits per heavy atom. The first-order chi connectivity index (χ1) is 14.6. The largest absolute Gasteiger partial charge is 0.351 e. The first-order valence-electron chi connectivity index (χ1n) is 10.3. The van der Waals surface area contributed by atoms with Crippen LogP contribution in [0.4, 0.5) is 0 Å². The van der Waals surface area contributed by atoms with Gasteiger partial charge in [0.25, 0.3) is 0 Å². The highest BCUT2D eigenvalue weighted by Gasteiger charge is 2.27. The van der Waals surface area contributed by atoms with E-state index in [0.717, 1.165) is 48.5 Å². The van der Waals surface area contributed by atoms with Gasteiger partial charge in [0, 0.05) is 32.2 Å². The molecule has 1 fully saturated rings. The minimum atomic E-state index is -0.223. The van der Waals surface area contributed by atoms with Crippen LogP contribution in [0, 0.1) is 0 Å². The van der Waals surface area contributed by atoms with Crippen LogP contribution >= 0.6 is 23.1 Å². The molecule has 2 atom stereocenters. The smallest absolute Gasteiger partial charge is 0.233 e. The van der Waals surface area contributed by atoms with E-state index in [4.69, 9.17) is 0 Å². The maximum absolute atomic E-state index is 12.8. The molecule has 0 saturated carbocycles. The van der Waals surface area contributed by atoms with E-state index in [1.165, 1.54) is 17.3 Å². The van der Waals surface area contributed by atoms with E-state index in [0.29, 0.717) is 0 Å². The van der Waals surface area contributed by atoms with Crippen LogP contribution in [0.25, 0.3) is 10.7 Å². The molecule has 1 amide bonds. The summed E-state index contributed by atoms with van der Waals surface area (Å²) in [5, 5.41) is 14.5. The van der Waals surface area contributed by atoms with Crippen molar-refractivity contribution < 1.29 is 4.79 Å². The fraction of sp³-hybridized carbons (Fsp3) is 0.409. The van der Waals surface area contributed by atoms with Crippen LogP contribution in [0.2, 0.25) is 0 Å². The number of carbonyl (C=O) groups is 1. The van der Waals surface area contributed by atoms with Crippen molar-refractivity contribution in [2.24, 2.45) is 0 Å². The summed E-state index contributed by atoms with van der Waals surface area (Å²) in [6.07, 6.45) is 0.990. The van der Waals surface area contributed by atoms with Crippen LogP contribution < -0.4 is 5.32 Å². The van der Waals surface area contributed by atoms with Crippen molar-refractivity contribution in [3.63, 3.8) is 0 Å². The lowest BCUT2D eigenvalue weighted by Crippen LogP contribution is -2.40. The number of rotatable bonds is 8. The van der Waals surface area contributed by atoms with Gasteiger partial charge in [-0.1, -0.05) is 48.2 Å². The zero-order chi connectivity index (χ0) is 20.9. The van der Waals surface area contributed by atoms with E-state index in [2.05, 4.69) is 56.2 Å². The average molecular weight is 442 g/mol. The second-order valence-corrected chi connectivity index (χ2v) is 9.76. The molecule has 1 aromatic carbocycles. The topological polar surface area (TPSA) is 63.1 Å². The number of thioether (sulfide) groups is 1. The van der Waals surface area contributed by atoms with Crippen LogP contribution in [0.3, 0.4) is 0 Å². The highest BCUT2D eigenvalue weighted by molar-refractivity contribution is 8.00. The van der Waals surface area contributed by atoms with Crippen molar-refractivity contribution in [3.05, 3.63) is 53.4 Å². The maximum Gasteiger partial charge on any atom is 0.233 e. The Kier molecular flexibility index (Phi) is 6.86. The summed E-state index contributed by atoms with van der Waals surface area (Å²) in [6, 6.07) is 14.8. The standard InChI is InChI=1S/C22H27N5OS2/c1-3-27-20(19-10-7-13-29-19)24-25-22(27)30-16(2)21(28)23-18-11-12-26(15-18)14-17-8-5-4-6-9-17/h4-10,13,16,18H,3,11-12,14-15H2,1-2H3,(H,23,28). The number of nitrogens with one attached hydrogen (secondary N) is 1. The van der Waals surface area contributed by atoms with Gasteiger partial charge in [0.05, 0.1) is 10.1 Å². The number of aromatic nitrogens is 3. The highest BCUT2D eigenvalue weighted by Crippen LogP contribution is 2.29. The molecule has 0 spiro atoms. The molecule has 4 rings (SSSR count). The second-order valence-electron chi connectivity index (χ2n) is 7.50. The van der Waals surface area contributed by atoms with Gasteiger partial charge in [-0.05, 0) is 37.3 Å². The van der Waals surface area contributed by atoms with E-state index >= 15 is 0 Å². The number of likely N-dealkylation sites (tertiary alicyclic amines) is 1. The molecule has 1 N–H and O–H groups in total. The molecule has 0 aliphatic carbocycles. The summed E-state index contributed by atoms with van der Waals surface area (Å²) < 4.78 is 2.08. The first kappa shape index (κ1) is 21.1. The predicted octanol–water partition coefficient (Wildman–Crippen LogP) is 3.90. The molecule has 30 heavy (non-hydrogen) atoms. The number of carbonyl (C=O) groups excluding carboxylic acids is 1. The number of amides is 1. The van der Waals surface area contributed by atoms with Gasteiger partial charge in [-0.25, -0.2) is 0 Å². The second kappa shape index (κ2) is 9.76. The highest BCUT2D eigenvalue weighted by atomic mass is 32.2. The third kappa shape index (κ3) is 4.94. The average Bonchev–Trinajstić information content (AvgIpc) is 3.50. The number of hydrogen-bond donors (Lipinski definition) is 1. The van der Waals surface area contributed by atoms with Gasteiger partial charge in [0.15, 0.2) is 11.0 Å². The Labute approximate surface area is 185 Å². The summed E-state index contributed by atoms with van der Waals surface area (Å²) in [5.74, 6) is 0.935. The van der Waals surface area contributed by atoms with Crippen molar-refractivity contribution in [1.29, 1.82) is 0 Å². The summed E-state index contributed by atoms with van der Waals surface area (Å²) in [4.78, 5) is 16.3. The molecule has 0 bridgehead atoms. The quantitative estimate of drug-likeness (QED) is 0.537. The molecule has 3 aromatic rings. The zero-order valence-corrected chi connectivity index (χ0v) is 19.0. The molecule has 3 heterocycles. The van der Waals surface area contributed by atoms with Crippen molar-refractivity contribution in [2.75, 3.05) is 13.1 Å². The third-order valence-corrected chi connectivity index (χ3v) is 7.24. The van der Waals surface area contributed by atoms with E-state index in [9.17, 15) is 4.79 Å². The fourth-order valence-corrected chi connectivity index (χ4v) is 5.35. The van der Waals surface area contributed by atoms with Crippen LogP contribution in [-0.4, -0.2) is 50.0 Å². The van der Waals surface area contributed by atoms with E-state index in [-0.39, 0.29) is 17.2 Å². The maximum atomic E-state index is 12.8. The van der Waals surface area contributed by atoms with Gasteiger partial charge in [0.2, 0.25) is 5.91 Å². The summed E-state index contributed by atoms with van der Waals surface area (Å²) in [7, 11) is 0. The lowest BCUT2D eigenvalue weighted by molar-refractivity contribution is -0.120. The first-order valence-corrected chi connectivity index (χ1v) is 12.1. The SMILES string of the molecule is CCn1c(SC(C)C(=O)NC2CCN(Cc3ccccc3)C2)nnc1-c1cccs1. The normalized spacial score (nSPS) is 17.9. The Morgan fingerprint density at radius 1 is 1.27 bits per heavy atom. The lowest BCUT2D eigenvalue weighted by atomic mass is 10.2. The van der Waals surface area contributed by atoms with Gasteiger partial charge >= 0.3 is 0 Å². The summed E-state index contributed by atoms with van der Waals surface area (Å²) in [5.41, 5.74) is 1.31. The molecule has 158 valence electrons. The Bertz CT molecular complexity index is 957. The van der Waals surface area contributed by atoms with Gasteiger partial charge < -0.3 is 9.88 Å². The van der Waals surface area contributed by atoms with E-state index < -0.39 is 0 Å². The fourth-order valence-electron chi connectivity index (χ4n) is 3.71. The van der Waals surface area contributed by atoms with Crippen molar-refractivity contribution in [1.82, 2.24) is 25.0 Å². The molecule has 0 radical (unpaired) electrons. The Balaban J connectivity index is 1.31. The lowest BCUT2D eigenvalue weighted by Gasteiger charge is -2.18. The molecular formula is C22H27N5OS2. The van der Waals surface area contributed by atoms with Gasteiger partial charge in [-0.15, -0.1) is 21.5 Å². The van der Waals surface area contributed by atoms with E-state index in [1.807, 2.05) is 30.5 Å². The minimum absolute atomic E-state index is 0.0647. The van der Waals surface area contributed by atoms with Gasteiger partial charge in [-0.2, -0.15) is 0 Å². The minimum Gasteiger partial charge on any atom is -0.351 e. The molecular weight excluding hydrogens is 414 g/mol. The van der Waals surface area contributed by atoms with Crippen molar-refractivity contribution in [2.45, 2.75) is 49.8 Å². The number of nitrogens with zero attached hydrogens (tertiary/aromatic N) is 4. The Morgan fingerprint density at radius 2 is 2.10 bits per heavy atom. The van der Waals surface area contributed by atoms with Crippen LogP contribution in [-0.2, 0) is 17.9 Å². The predicted molar refractivity (Wildman–Crippen MR) is 123 cm³/mol. The third-order valence-electron chi connectivity index (χ3n) is 5.29. The summed E-state index contributed by atoms with van der Waals surface area (Å²) >= 11 is 3.13. The molecule has 8 heteroatoms. The molecule has 1 aliphatic rings. The molecule has 1 aliphatic heterocycles. The van der Waals surface area contributed by atoms with Crippen LogP contribution in [0.1, 0.15) is 25.8 Å². The van der Waals surface area contributed by atoms with Gasteiger partial charge in [-0.3, -0.25) is 9.69 Å². The molecule has 2 unspecified atom stereocenters.